The molecule has 0 aliphatic carbocycles. The SMILES string of the molecule is CCCCCCCC(CCCC)OC(CCCC)CCCCCCC. The van der Waals surface area contributed by atoms with Crippen LogP contribution in [0.2, 0.25) is 0 Å². The molecule has 0 radical (unpaired) electrons. The molecule has 0 aliphatic heterocycles. The summed E-state index contributed by atoms with van der Waals surface area (Å²) in [5.41, 5.74) is 0. The summed E-state index contributed by atoms with van der Waals surface area (Å²) < 4.78 is 6.67. The minimum Gasteiger partial charge on any atom is -0.375 e. The first kappa shape index (κ1) is 25.0. The van der Waals surface area contributed by atoms with Gasteiger partial charge in [0.1, 0.15) is 0 Å². The third kappa shape index (κ3) is 17.1. The van der Waals surface area contributed by atoms with Gasteiger partial charge < -0.3 is 4.74 Å². The van der Waals surface area contributed by atoms with E-state index in [2.05, 4.69) is 27.7 Å². The smallest absolute Gasteiger partial charge is 0.0578 e. The van der Waals surface area contributed by atoms with Gasteiger partial charge in [0.25, 0.3) is 0 Å². The van der Waals surface area contributed by atoms with Crippen molar-refractivity contribution < 1.29 is 4.74 Å². The number of hydrogen-bond donors (Lipinski definition) is 0. The Balaban J connectivity index is 4.23. The van der Waals surface area contributed by atoms with Crippen molar-refractivity contribution in [3.8, 4) is 0 Å². The number of hydrogen-bond acceptors (Lipinski definition) is 1. The number of unbranched alkanes of at least 4 members (excludes halogenated alkanes) is 10. The van der Waals surface area contributed by atoms with Crippen molar-refractivity contribution >= 4 is 0 Å². The quantitative estimate of drug-likeness (QED) is 0.198. The predicted octanol–water partition coefficient (Wildman–Crippen LogP) is 8.84. The first-order valence-corrected chi connectivity index (χ1v) is 11.9. The predicted molar refractivity (Wildman–Crippen MR) is 114 cm³/mol. The molecule has 0 aromatic carbocycles. The van der Waals surface area contributed by atoms with Gasteiger partial charge in [-0.2, -0.15) is 0 Å². The van der Waals surface area contributed by atoms with Gasteiger partial charge in [-0.05, 0) is 25.7 Å². The average molecular weight is 355 g/mol. The molecule has 0 saturated carbocycles. The summed E-state index contributed by atoms with van der Waals surface area (Å²) in [5.74, 6) is 0. The van der Waals surface area contributed by atoms with Gasteiger partial charge >= 0.3 is 0 Å². The second-order valence-electron chi connectivity index (χ2n) is 8.07. The highest BCUT2D eigenvalue weighted by Crippen LogP contribution is 2.21. The minimum absolute atomic E-state index is 0.527. The van der Waals surface area contributed by atoms with E-state index in [1.54, 1.807) is 0 Å². The molecule has 2 unspecified atom stereocenters. The Hall–Kier alpha value is -0.0400. The summed E-state index contributed by atoms with van der Waals surface area (Å²) in [7, 11) is 0. The van der Waals surface area contributed by atoms with Crippen LogP contribution in [0.5, 0.6) is 0 Å². The summed E-state index contributed by atoms with van der Waals surface area (Å²) in [5, 5.41) is 0. The Morgan fingerprint density at radius 1 is 0.400 bits per heavy atom. The molecular formula is C24H50O. The van der Waals surface area contributed by atoms with Crippen LogP contribution in [0.4, 0.5) is 0 Å². The van der Waals surface area contributed by atoms with Crippen molar-refractivity contribution in [1.29, 1.82) is 0 Å². The molecule has 152 valence electrons. The first-order chi connectivity index (χ1) is 12.3. The zero-order valence-electron chi connectivity index (χ0n) is 18.3. The van der Waals surface area contributed by atoms with E-state index in [-0.39, 0.29) is 0 Å². The van der Waals surface area contributed by atoms with E-state index >= 15 is 0 Å². The van der Waals surface area contributed by atoms with Crippen LogP contribution in [-0.4, -0.2) is 12.2 Å². The highest BCUT2D eigenvalue weighted by Gasteiger charge is 2.16. The van der Waals surface area contributed by atoms with Gasteiger partial charge in [0, 0.05) is 0 Å². The van der Waals surface area contributed by atoms with Crippen LogP contribution >= 0.6 is 0 Å². The maximum absolute atomic E-state index is 6.67. The van der Waals surface area contributed by atoms with Gasteiger partial charge in [0.15, 0.2) is 0 Å². The van der Waals surface area contributed by atoms with E-state index in [0.717, 1.165) is 0 Å². The normalized spacial score (nSPS) is 13.9. The van der Waals surface area contributed by atoms with Crippen molar-refractivity contribution in [3.05, 3.63) is 0 Å². The lowest BCUT2D eigenvalue weighted by atomic mass is 10.0. The monoisotopic (exact) mass is 354 g/mol. The molecule has 25 heavy (non-hydrogen) atoms. The van der Waals surface area contributed by atoms with Crippen LogP contribution in [0.1, 0.15) is 143 Å². The molecule has 0 N–H and O–H groups in total. The molecule has 0 saturated heterocycles. The molecule has 0 aromatic heterocycles. The van der Waals surface area contributed by atoms with Crippen LogP contribution in [0.25, 0.3) is 0 Å². The van der Waals surface area contributed by atoms with E-state index in [0.29, 0.717) is 12.2 Å². The zero-order valence-corrected chi connectivity index (χ0v) is 18.3. The summed E-state index contributed by atoms with van der Waals surface area (Å²) in [6, 6.07) is 0. The molecule has 0 aromatic rings. The molecule has 2 atom stereocenters. The third-order valence-corrected chi connectivity index (χ3v) is 5.40. The molecule has 0 fully saturated rings. The van der Waals surface area contributed by atoms with Crippen LogP contribution in [0.3, 0.4) is 0 Å². The Morgan fingerprint density at radius 3 is 1.08 bits per heavy atom. The van der Waals surface area contributed by atoms with Gasteiger partial charge in [-0.15, -0.1) is 0 Å². The topological polar surface area (TPSA) is 9.23 Å². The summed E-state index contributed by atoms with van der Waals surface area (Å²) >= 11 is 0. The minimum atomic E-state index is 0.527. The fraction of sp³-hybridized carbons (Fsp3) is 1.00. The van der Waals surface area contributed by atoms with Gasteiger partial charge in [-0.3, -0.25) is 0 Å². The third-order valence-electron chi connectivity index (χ3n) is 5.40. The zero-order chi connectivity index (χ0) is 18.6. The fourth-order valence-electron chi connectivity index (χ4n) is 3.65. The van der Waals surface area contributed by atoms with Gasteiger partial charge in [0.2, 0.25) is 0 Å². The average Bonchev–Trinajstić information content (AvgIpc) is 2.63. The van der Waals surface area contributed by atoms with Crippen LogP contribution in [0.15, 0.2) is 0 Å². The lowest BCUT2D eigenvalue weighted by molar-refractivity contribution is -0.0320. The van der Waals surface area contributed by atoms with Crippen molar-refractivity contribution in [3.63, 3.8) is 0 Å². The molecule has 0 aliphatic rings. The fourth-order valence-corrected chi connectivity index (χ4v) is 3.65. The van der Waals surface area contributed by atoms with E-state index < -0.39 is 0 Å². The molecule has 0 rings (SSSR count). The highest BCUT2D eigenvalue weighted by molar-refractivity contribution is 4.66. The van der Waals surface area contributed by atoms with Crippen molar-refractivity contribution in [1.82, 2.24) is 0 Å². The lowest BCUT2D eigenvalue weighted by Gasteiger charge is -2.25. The van der Waals surface area contributed by atoms with Crippen LogP contribution < -0.4 is 0 Å². The standard InChI is InChI=1S/C24H50O/c1-5-9-13-15-17-21-23(19-11-7-3)25-24(20-12-8-4)22-18-16-14-10-6-2/h23-24H,5-22H2,1-4H3. The van der Waals surface area contributed by atoms with E-state index in [4.69, 9.17) is 4.74 Å². The Kier molecular flexibility index (Phi) is 20.2. The second-order valence-corrected chi connectivity index (χ2v) is 8.07. The van der Waals surface area contributed by atoms with E-state index in [9.17, 15) is 0 Å². The second kappa shape index (κ2) is 20.3. The molecule has 0 heterocycles. The first-order valence-electron chi connectivity index (χ1n) is 11.9. The van der Waals surface area contributed by atoms with Crippen LogP contribution in [0, 0.1) is 0 Å². The summed E-state index contributed by atoms with van der Waals surface area (Å²) in [6.07, 6.45) is 25.3. The van der Waals surface area contributed by atoms with E-state index in [1.807, 2.05) is 0 Å². The molecule has 1 heteroatoms. The van der Waals surface area contributed by atoms with Crippen molar-refractivity contribution in [2.24, 2.45) is 0 Å². The molecule has 0 spiro atoms. The van der Waals surface area contributed by atoms with Crippen LogP contribution in [-0.2, 0) is 4.74 Å². The summed E-state index contributed by atoms with van der Waals surface area (Å²) in [4.78, 5) is 0. The van der Waals surface area contributed by atoms with Crippen molar-refractivity contribution in [2.75, 3.05) is 0 Å². The molecule has 0 bridgehead atoms. The molecule has 1 nitrogen and oxygen atoms in total. The Bertz CT molecular complexity index is 214. The number of ether oxygens (including phenoxy) is 1. The molecule has 0 amide bonds. The Morgan fingerprint density at radius 2 is 0.720 bits per heavy atom. The molecular weight excluding hydrogens is 304 g/mol. The van der Waals surface area contributed by atoms with Crippen molar-refractivity contribution in [2.45, 2.75) is 155 Å². The maximum Gasteiger partial charge on any atom is 0.0578 e. The van der Waals surface area contributed by atoms with Gasteiger partial charge in [-0.1, -0.05) is 118 Å². The highest BCUT2D eigenvalue weighted by atomic mass is 16.5. The van der Waals surface area contributed by atoms with Gasteiger partial charge in [-0.25, -0.2) is 0 Å². The lowest BCUT2D eigenvalue weighted by Crippen LogP contribution is -2.23. The largest absolute Gasteiger partial charge is 0.375 e. The van der Waals surface area contributed by atoms with E-state index in [1.165, 1.54) is 116 Å². The Labute approximate surface area is 160 Å². The summed E-state index contributed by atoms with van der Waals surface area (Å²) in [6.45, 7) is 9.21. The van der Waals surface area contributed by atoms with Gasteiger partial charge in [0.05, 0.1) is 12.2 Å². The maximum atomic E-state index is 6.67. The number of rotatable bonds is 20.